The molecule has 0 aliphatic heterocycles. The predicted molar refractivity (Wildman–Crippen MR) is 141 cm³/mol. The summed E-state index contributed by atoms with van der Waals surface area (Å²) in [5.74, 6) is 4.00. The lowest BCUT2D eigenvalue weighted by atomic mass is 9.60. The van der Waals surface area contributed by atoms with Crippen molar-refractivity contribution in [2.75, 3.05) is 0 Å². The molecule has 0 N–H and O–H groups in total. The molecule has 0 aromatic heterocycles. The van der Waals surface area contributed by atoms with E-state index in [0.29, 0.717) is 22.7 Å². The van der Waals surface area contributed by atoms with Gasteiger partial charge >= 0.3 is 0 Å². The third-order valence-corrected chi connectivity index (χ3v) is 10.9. The number of hydrogen-bond acceptors (Lipinski definition) is 0. The number of rotatable bonds is 6. The zero-order chi connectivity index (χ0) is 22.9. The summed E-state index contributed by atoms with van der Waals surface area (Å²) < 4.78 is 0. The van der Waals surface area contributed by atoms with Gasteiger partial charge in [0.15, 0.2) is 0 Å². The highest BCUT2D eigenvalue weighted by molar-refractivity contribution is 5.28. The molecule has 6 unspecified atom stereocenters. The molecule has 0 bridgehead atoms. The van der Waals surface area contributed by atoms with Crippen molar-refractivity contribution in [3.63, 3.8) is 0 Å². The SMILES string of the molecule is C=C1C(C)CC(=C/C=C2\CCCC3(C)C2CCC3C(C)CCCC2(C)CCCC2)CC1C. The average Bonchev–Trinajstić information content (AvgIpc) is 3.33. The quantitative estimate of drug-likeness (QED) is 0.363. The average molecular weight is 437 g/mol. The van der Waals surface area contributed by atoms with Crippen LogP contribution in [-0.4, -0.2) is 0 Å². The van der Waals surface area contributed by atoms with Crippen molar-refractivity contribution in [3.05, 3.63) is 35.5 Å². The summed E-state index contributed by atoms with van der Waals surface area (Å²) in [5.41, 5.74) is 6.16. The molecule has 0 aromatic rings. The number of fused-ring (bicyclic) bond motifs is 1. The van der Waals surface area contributed by atoms with E-state index in [1.807, 2.05) is 0 Å². The smallest absolute Gasteiger partial charge is 0.0143 e. The van der Waals surface area contributed by atoms with Gasteiger partial charge in [0, 0.05) is 0 Å². The van der Waals surface area contributed by atoms with Crippen LogP contribution < -0.4 is 0 Å². The van der Waals surface area contributed by atoms with Crippen molar-refractivity contribution in [2.24, 2.45) is 40.4 Å². The first-order valence-corrected chi connectivity index (χ1v) is 14.3. The molecule has 0 spiro atoms. The van der Waals surface area contributed by atoms with E-state index in [4.69, 9.17) is 0 Å². The van der Waals surface area contributed by atoms with Crippen molar-refractivity contribution in [1.29, 1.82) is 0 Å². The van der Waals surface area contributed by atoms with Crippen LogP contribution in [0.4, 0.5) is 0 Å². The van der Waals surface area contributed by atoms with E-state index in [0.717, 1.165) is 17.8 Å². The summed E-state index contributed by atoms with van der Waals surface area (Å²) in [4.78, 5) is 0. The van der Waals surface area contributed by atoms with Gasteiger partial charge < -0.3 is 0 Å². The second-order valence-electron chi connectivity index (χ2n) is 13.3. The van der Waals surface area contributed by atoms with Gasteiger partial charge in [-0.15, -0.1) is 0 Å². The van der Waals surface area contributed by atoms with Crippen LogP contribution in [-0.2, 0) is 0 Å². The van der Waals surface area contributed by atoms with E-state index in [2.05, 4.69) is 53.3 Å². The molecule has 6 atom stereocenters. The molecule has 0 heterocycles. The summed E-state index contributed by atoms with van der Waals surface area (Å²) >= 11 is 0. The Bertz CT molecular complexity index is 713. The van der Waals surface area contributed by atoms with Crippen molar-refractivity contribution in [1.82, 2.24) is 0 Å². The Balaban J connectivity index is 1.38. The van der Waals surface area contributed by atoms with Crippen LogP contribution >= 0.6 is 0 Å². The first-order chi connectivity index (χ1) is 15.2. The first kappa shape index (κ1) is 24.3. The van der Waals surface area contributed by atoms with Gasteiger partial charge in [0.05, 0.1) is 0 Å². The van der Waals surface area contributed by atoms with Crippen LogP contribution in [0.25, 0.3) is 0 Å². The molecule has 0 radical (unpaired) electrons. The van der Waals surface area contributed by atoms with E-state index in [-0.39, 0.29) is 0 Å². The van der Waals surface area contributed by atoms with E-state index in [9.17, 15) is 0 Å². The van der Waals surface area contributed by atoms with Gasteiger partial charge in [0.1, 0.15) is 0 Å². The summed E-state index contributed by atoms with van der Waals surface area (Å²) in [6.45, 7) is 16.9. The molecule has 0 saturated heterocycles. The molecule has 180 valence electrons. The van der Waals surface area contributed by atoms with Gasteiger partial charge in [-0.3, -0.25) is 0 Å². The van der Waals surface area contributed by atoms with Crippen molar-refractivity contribution >= 4 is 0 Å². The summed E-state index contributed by atoms with van der Waals surface area (Å²) in [6.07, 6.45) is 25.1. The molecule has 4 aliphatic carbocycles. The molecule has 4 rings (SSSR count). The summed E-state index contributed by atoms with van der Waals surface area (Å²) in [5, 5.41) is 0. The van der Waals surface area contributed by atoms with Crippen LogP contribution in [0.1, 0.15) is 125 Å². The highest BCUT2D eigenvalue weighted by Crippen LogP contribution is 2.60. The Hall–Kier alpha value is -0.780. The van der Waals surface area contributed by atoms with Gasteiger partial charge in [0.25, 0.3) is 0 Å². The third kappa shape index (κ3) is 5.00. The maximum atomic E-state index is 4.34. The van der Waals surface area contributed by atoms with Crippen LogP contribution in [0.15, 0.2) is 35.5 Å². The second-order valence-corrected chi connectivity index (χ2v) is 13.3. The maximum Gasteiger partial charge on any atom is -0.0143 e. The maximum absolute atomic E-state index is 4.34. The highest BCUT2D eigenvalue weighted by Gasteiger charge is 2.50. The molecule has 4 saturated carbocycles. The topological polar surface area (TPSA) is 0 Å². The number of hydrogen-bond donors (Lipinski definition) is 0. The minimum atomic E-state index is 0.556. The van der Waals surface area contributed by atoms with Crippen LogP contribution in [0.5, 0.6) is 0 Å². The zero-order valence-electron chi connectivity index (χ0n) is 22.1. The molecule has 4 fully saturated rings. The molecule has 0 nitrogen and oxygen atoms in total. The first-order valence-electron chi connectivity index (χ1n) is 14.3. The van der Waals surface area contributed by atoms with Crippen molar-refractivity contribution in [2.45, 2.75) is 125 Å². The van der Waals surface area contributed by atoms with Crippen LogP contribution in [0.2, 0.25) is 0 Å². The second kappa shape index (κ2) is 9.84. The molecule has 0 amide bonds. The molecule has 0 aromatic carbocycles. The molecule has 4 aliphatic rings. The van der Waals surface area contributed by atoms with Gasteiger partial charge in [-0.1, -0.05) is 95.8 Å². The van der Waals surface area contributed by atoms with Gasteiger partial charge in [-0.05, 0) is 105 Å². The van der Waals surface area contributed by atoms with E-state index >= 15 is 0 Å². The fraction of sp³-hybridized carbons (Fsp3) is 0.812. The molecule has 32 heavy (non-hydrogen) atoms. The Labute approximate surface area is 200 Å². The van der Waals surface area contributed by atoms with Gasteiger partial charge in [-0.2, -0.15) is 0 Å². The van der Waals surface area contributed by atoms with E-state index < -0.39 is 0 Å². The third-order valence-electron chi connectivity index (χ3n) is 10.9. The molecular formula is C32H52. The summed E-state index contributed by atoms with van der Waals surface area (Å²) in [7, 11) is 0. The normalized spacial score (nSPS) is 39.3. The largest absolute Gasteiger partial charge is 0.0993 e. The highest BCUT2D eigenvalue weighted by atomic mass is 14.5. The summed E-state index contributed by atoms with van der Waals surface area (Å²) in [6, 6.07) is 0. The molecular weight excluding hydrogens is 384 g/mol. The lowest BCUT2D eigenvalue weighted by Gasteiger charge is -2.44. The monoisotopic (exact) mass is 436 g/mol. The Morgan fingerprint density at radius 2 is 1.66 bits per heavy atom. The standard InChI is InChI=1S/C32H52/c1-23(11-9-19-31(5)17-7-8-18-31)29-15-16-30-28(12-10-20-32(29,30)6)14-13-27-21-24(2)26(4)25(3)22-27/h13-14,23-25,29-30H,4,7-12,15-22H2,1-3,5-6H3/b27-13?,28-14+. The van der Waals surface area contributed by atoms with Crippen LogP contribution in [0.3, 0.4) is 0 Å². The van der Waals surface area contributed by atoms with E-state index in [1.165, 1.54) is 95.5 Å². The lowest BCUT2D eigenvalue weighted by Crippen LogP contribution is -2.36. The van der Waals surface area contributed by atoms with Crippen molar-refractivity contribution < 1.29 is 0 Å². The Kier molecular flexibility index (Phi) is 7.48. The minimum absolute atomic E-state index is 0.556. The Morgan fingerprint density at radius 3 is 2.34 bits per heavy atom. The molecule has 0 heteroatoms. The number of allylic oxidation sites excluding steroid dienone is 5. The zero-order valence-corrected chi connectivity index (χ0v) is 22.1. The minimum Gasteiger partial charge on any atom is -0.0993 e. The van der Waals surface area contributed by atoms with Crippen LogP contribution in [0, 0.1) is 40.4 Å². The van der Waals surface area contributed by atoms with Gasteiger partial charge in [0.2, 0.25) is 0 Å². The van der Waals surface area contributed by atoms with E-state index in [1.54, 1.807) is 11.1 Å². The fourth-order valence-corrected chi connectivity index (χ4v) is 8.72. The lowest BCUT2D eigenvalue weighted by molar-refractivity contribution is 0.0915. The van der Waals surface area contributed by atoms with Gasteiger partial charge in [-0.25, -0.2) is 0 Å². The predicted octanol–water partition coefficient (Wildman–Crippen LogP) is 10.1. The van der Waals surface area contributed by atoms with Crippen molar-refractivity contribution in [3.8, 4) is 0 Å². The fourth-order valence-electron chi connectivity index (χ4n) is 8.72. The Morgan fingerprint density at radius 1 is 0.969 bits per heavy atom.